The predicted molar refractivity (Wildman–Crippen MR) is 116 cm³/mol. The molecule has 0 spiro atoms. The lowest BCUT2D eigenvalue weighted by Crippen LogP contribution is -2.52. The first-order valence-corrected chi connectivity index (χ1v) is 10.7. The monoisotopic (exact) mass is 447 g/mol. The fourth-order valence-electron chi connectivity index (χ4n) is 3.45. The van der Waals surface area contributed by atoms with Gasteiger partial charge in [0.25, 0.3) is 0 Å². The van der Waals surface area contributed by atoms with E-state index < -0.39 is 0 Å². The molecule has 152 valence electrons. The number of piperazine rings is 1. The molecule has 3 rings (SSSR count). The van der Waals surface area contributed by atoms with Crippen molar-refractivity contribution in [3.63, 3.8) is 0 Å². The number of benzene rings is 1. The summed E-state index contributed by atoms with van der Waals surface area (Å²) in [6.07, 6.45) is 0. The molecule has 0 saturated carbocycles. The average Bonchev–Trinajstić information content (AvgIpc) is 3.03. The molecule has 7 heteroatoms. The standard InChI is InChI=1S/C21H30BrN5O/c1-5-23-21(24-14-20-25-15(2)17(4)28-20)27-12-10-26(11-13-27)16(3)18-6-8-19(22)9-7-18/h6-9,16H,5,10-14H2,1-4H3,(H,23,24). The molecule has 1 N–H and O–H groups in total. The minimum Gasteiger partial charge on any atom is -0.444 e. The van der Waals surface area contributed by atoms with Crippen LogP contribution in [0.1, 0.15) is 42.8 Å². The van der Waals surface area contributed by atoms with Gasteiger partial charge in [0, 0.05) is 43.2 Å². The molecule has 2 heterocycles. The number of guanidine groups is 1. The maximum atomic E-state index is 5.66. The van der Waals surface area contributed by atoms with Crippen molar-refractivity contribution in [2.45, 2.75) is 40.3 Å². The molecule has 1 atom stereocenters. The number of rotatable bonds is 5. The zero-order valence-electron chi connectivity index (χ0n) is 17.2. The van der Waals surface area contributed by atoms with Crippen molar-refractivity contribution in [1.82, 2.24) is 20.1 Å². The summed E-state index contributed by atoms with van der Waals surface area (Å²) < 4.78 is 6.78. The van der Waals surface area contributed by atoms with Gasteiger partial charge in [0.15, 0.2) is 5.96 Å². The van der Waals surface area contributed by atoms with E-state index in [0.29, 0.717) is 18.5 Å². The van der Waals surface area contributed by atoms with Crippen molar-refractivity contribution in [3.05, 3.63) is 51.6 Å². The molecule has 28 heavy (non-hydrogen) atoms. The third-order valence-corrected chi connectivity index (χ3v) is 5.81. The van der Waals surface area contributed by atoms with Crippen LogP contribution in [0.25, 0.3) is 0 Å². The highest BCUT2D eigenvalue weighted by Crippen LogP contribution is 2.23. The Morgan fingerprint density at radius 2 is 1.89 bits per heavy atom. The molecule has 1 unspecified atom stereocenters. The van der Waals surface area contributed by atoms with Crippen LogP contribution in [-0.2, 0) is 6.54 Å². The highest BCUT2D eigenvalue weighted by molar-refractivity contribution is 9.10. The van der Waals surface area contributed by atoms with Crippen LogP contribution >= 0.6 is 15.9 Å². The lowest BCUT2D eigenvalue weighted by Gasteiger charge is -2.39. The fraction of sp³-hybridized carbons (Fsp3) is 0.524. The van der Waals surface area contributed by atoms with Gasteiger partial charge in [-0.25, -0.2) is 9.98 Å². The first-order valence-electron chi connectivity index (χ1n) is 9.93. The van der Waals surface area contributed by atoms with Crippen molar-refractivity contribution >= 4 is 21.9 Å². The molecule has 1 aliphatic heterocycles. The zero-order chi connectivity index (χ0) is 20.1. The molecule has 0 radical (unpaired) electrons. The maximum Gasteiger partial charge on any atom is 0.216 e. The number of oxazole rings is 1. The summed E-state index contributed by atoms with van der Waals surface area (Å²) in [5.41, 5.74) is 2.29. The van der Waals surface area contributed by atoms with Gasteiger partial charge >= 0.3 is 0 Å². The van der Waals surface area contributed by atoms with E-state index in [9.17, 15) is 0 Å². The molecule has 0 amide bonds. The number of hydrogen-bond acceptors (Lipinski definition) is 4. The fourth-order valence-corrected chi connectivity index (χ4v) is 3.71. The van der Waals surface area contributed by atoms with Crippen LogP contribution in [0, 0.1) is 13.8 Å². The molecule has 2 aromatic rings. The number of hydrogen-bond donors (Lipinski definition) is 1. The summed E-state index contributed by atoms with van der Waals surface area (Å²) in [4.78, 5) is 14.0. The van der Waals surface area contributed by atoms with Crippen molar-refractivity contribution in [2.24, 2.45) is 4.99 Å². The SMILES string of the molecule is CCNC(=NCc1nc(C)c(C)o1)N1CCN(C(C)c2ccc(Br)cc2)CC1. The second-order valence-electron chi connectivity index (χ2n) is 7.17. The molecular formula is C21H30BrN5O. The Balaban J connectivity index is 1.60. The highest BCUT2D eigenvalue weighted by atomic mass is 79.9. The van der Waals surface area contributed by atoms with E-state index in [4.69, 9.17) is 9.41 Å². The summed E-state index contributed by atoms with van der Waals surface area (Å²) >= 11 is 3.51. The molecule has 0 aliphatic carbocycles. The van der Waals surface area contributed by atoms with Crippen LogP contribution in [0.5, 0.6) is 0 Å². The molecule has 0 bridgehead atoms. The summed E-state index contributed by atoms with van der Waals surface area (Å²) in [6, 6.07) is 9.04. The Morgan fingerprint density at radius 1 is 1.21 bits per heavy atom. The maximum absolute atomic E-state index is 5.66. The normalized spacial score (nSPS) is 17.0. The second kappa shape index (κ2) is 9.56. The largest absolute Gasteiger partial charge is 0.444 e. The van der Waals surface area contributed by atoms with Gasteiger partial charge in [0.2, 0.25) is 5.89 Å². The lowest BCUT2D eigenvalue weighted by molar-refractivity contribution is 0.138. The van der Waals surface area contributed by atoms with Gasteiger partial charge in [-0.3, -0.25) is 4.90 Å². The van der Waals surface area contributed by atoms with Crippen LogP contribution in [0.15, 0.2) is 38.1 Å². The molecule has 1 aliphatic rings. The van der Waals surface area contributed by atoms with Gasteiger partial charge in [-0.15, -0.1) is 0 Å². The van der Waals surface area contributed by atoms with Gasteiger partial charge in [-0.2, -0.15) is 0 Å². The first kappa shape index (κ1) is 20.9. The quantitative estimate of drug-likeness (QED) is 0.556. The highest BCUT2D eigenvalue weighted by Gasteiger charge is 2.23. The minimum absolute atomic E-state index is 0.410. The van der Waals surface area contributed by atoms with Crippen molar-refractivity contribution in [1.29, 1.82) is 0 Å². The number of aliphatic imine (C=N–C) groups is 1. The number of halogens is 1. The van der Waals surface area contributed by atoms with Gasteiger partial charge < -0.3 is 14.6 Å². The average molecular weight is 448 g/mol. The predicted octanol–water partition coefficient (Wildman–Crippen LogP) is 3.90. The zero-order valence-corrected chi connectivity index (χ0v) is 18.8. The first-order chi connectivity index (χ1) is 13.5. The Hall–Kier alpha value is -1.86. The molecule has 1 aromatic carbocycles. The lowest BCUT2D eigenvalue weighted by atomic mass is 10.1. The van der Waals surface area contributed by atoms with Gasteiger partial charge in [0.1, 0.15) is 12.3 Å². The second-order valence-corrected chi connectivity index (χ2v) is 8.09. The molecule has 1 fully saturated rings. The minimum atomic E-state index is 0.410. The molecule has 6 nitrogen and oxygen atoms in total. The number of nitrogens with zero attached hydrogens (tertiary/aromatic N) is 4. The van der Waals surface area contributed by atoms with Crippen molar-refractivity contribution < 1.29 is 4.42 Å². The third kappa shape index (κ3) is 5.14. The smallest absolute Gasteiger partial charge is 0.216 e. The number of nitrogens with one attached hydrogen (secondary N) is 1. The van der Waals surface area contributed by atoms with Crippen molar-refractivity contribution in [2.75, 3.05) is 32.7 Å². The van der Waals surface area contributed by atoms with Gasteiger partial charge in [-0.05, 0) is 45.4 Å². The number of aromatic nitrogens is 1. The van der Waals surface area contributed by atoms with E-state index in [0.717, 1.165) is 54.6 Å². The Labute approximate surface area is 176 Å². The van der Waals surface area contributed by atoms with Gasteiger partial charge in [0.05, 0.1) is 5.69 Å². The van der Waals surface area contributed by atoms with Crippen molar-refractivity contribution in [3.8, 4) is 0 Å². The topological polar surface area (TPSA) is 56.9 Å². The van der Waals surface area contributed by atoms with Crippen LogP contribution in [-0.4, -0.2) is 53.5 Å². The van der Waals surface area contributed by atoms with E-state index in [1.165, 1.54) is 5.56 Å². The number of aryl methyl sites for hydroxylation is 2. The van der Waals surface area contributed by atoms with E-state index in [1.807, 2.05) is 13.8 Å². The van der Waals surface area contributed by atoms with Crippen LogP contribution in [0.2, 0.25) is 0 Å². The van der Waals surface area contributed by atoms with E-state index in [1.54, 1.807) is 0 Å². The van der Waals surface area contributed by atoms with Crippen LogP contribution in [0.3, 0.4) is 0 Å². The van der Waals surface area contributed by atoms with E-state index in [-0.39, 0.29) is 0 Å². The summed E-state index contributed by atoms with van der Waals surface area (Å²) in [5.74, 6) is 2.48. The summed E-state index contributed by atoms with van der Waals surface area (Å²) in [5, 5.41) is 3.41. The van der Waals surface area contributed by atoms with Crippen LogP contribution in [0.4, 0.5) is 0 Å². The summed E-state index contributed by atoms with van der Waals surface area (Å²) in [7, 11) is 0. The molecule has 1 saturated heterocycles. The molecular weight excluding hydrogens is 418 g/mol. The van der Waals surface area contributed by atoms with Gasteiger partial charge in [-0.1, -0.05) is 28.1 Å². The summed E-state index contributed by atoms with van der Waals surface area (Å²) in [6.45, 7) is 13.5. The van der Waals surface area contributed by atoms with E-state index >= 15 is 0 Å². The Kier molecular flexibility index (Phi) is 7.13. The third-order valence-electron chi connectivity index (χ3n) is 5.29. The van der Waals surface area contributed by atoms with E-state index in [2.05, 4.69) is 74.1 Å². The van der Waals surface area contributed by atoms with Crippen LogP contribution < -0.4 is 5.32 Å². The Bertz CT molecular complexity index is 774. The molecule has 1 aromatic heterocycles. The Morgan fingerprint density at radius 3 is 2.46 bits per heavy atom.